The molecule has 0 bridgehead atoms. The van der Waals surface area contributed by atoms with E-state index in [2.05, 4.69) is 4.18 Å². The van der Waals surface area contributed by atoms with Crippen LogP contribution in [-0.4, -0.2) is 27.4 Å². The summed E-state index contributed by atoms with van der Waals surface area (Å²) >= 11 is 5.57. The average Bonchev–Trinajstić information content (AvgIpc) is 2.13. The molecular formula is C10H12ClFO4S. The zero-order valence-corrected chi connectivity index (χ0v) is 10.9. The molecule has 0 radical (unpaired) electrons. The standard InChI is InChI=1S/C10H12ClFO4S/c1-7(16-17(2,13)14)6-15-10-4-3-8(11)5-9(10)12/h3-5,7H,6H2,1-2H3/t7-/m1/s1. The Kier molecular flexibility index (Phi) is 4.73. The fourth-order valence-corrected chi connectivity index (χ4v) is 1.94. The monoisotopic (exact) mass is 282 g/mol. The van der Waals surface area contributed by atoms with E-state index in [0.29, 0.717) is 0 Å². The van der Waals surface area contributed by atoms with Gasteiger partial charge in [-0.1, -0.05) is 11.6 Å². The van der Waals surface area contributed by atoms with Gasteiger partial charge in [-0.15, -0.1) is 0 Å². The Hall–Kier alpha value is -0.850. The predicted octanol–water partition coefficient (Wildman–Crippen LogP) is 2.22. The molecule has 0 spiro atoms. The third-order valence-corrected chi connectivity index (χ3v) is 2.62. The Balaban J connectivity index is 2.56. The fraction of sp³-hybridized carbons (Fsp3) is 0.400. The lowest BCUT2D eigenvalue weighted by Crippen LogP contribution is -2.21. The highest BCUT2D eigenvalue weighted by molar-refractivity contribution is 7.86. The van der Waals surface area contributed by atoms with Gasteiger partial charge in [-0.05, 0) is 25.1 Å². The SMILES string of the molecule is C[C@H](COc1ccc(Cl)cc1F)OS(C)(=O)=O. The van der Waals surface area contributed by atoms with E-state index in [4.69, 9.17) is 16.3 Å². The highest BCUT2D eigenvalue weighted by Crippen LogP contribution is 2.21. The number of ether oxygens (including phenoxy) is 1. The van der Waals surface area contributed by atoms with Crippen LogP contribution in [0.3, 0.4) is 0 Å². The summed E-state index contributed by atoms with van der Waals surface area (Å²) in [6.07, 6.45) is 0.243. The highest BCUT2D eigenvalue weighted by Gasteiger charge is 2.12. The molecule has 7 heteroatoms. The molecule has 0 saturated carbocycles. The Labute approximate surface area is 104 Å². The predicted molar refractivity (Wildman–Crippen MR) is 62.3 cm³/mol. The molecule has 96 valence electrons. The molecule has 0 aromatic heterocycles. The van der Waals surface area contributed by atoms with Crippen LogP contribution in [0, 0.1) is 5.82 Å². The van der Waals surface area contributed by atoms with Crippen LogP contribution in [0.1, 0.15) is 6.92 Å². The smallest absolute Gasteiger partial charge is 0.264 e. The van der Waals surface area contributed by atoms with E-state index in [0.717, 1.165) is 12.3 Å². The van der Waals surface area contributed by atoms with Crippen molar-refractivity contribution >= 4 is 21.7 Å². The second-order valence-electron chi connectivity index (χ2n) is 3.50. The van der Waals surface area contributed by atoms with Gasteiger partial charge in [-0.25, -0.2) is 4.39 Å². The third-order valence-electron chi connectivity index (χ3n) is 1.71. The molecule has 0 unspecified atom stereocenters. The number of halogens is 2. The van der Waals surface area contributed by atoms with E-state index in [9.17, 15) is 12.8 Å². The average molecular weight is 283 g/mol. The molecular weight excluding hydrogens is 271 g/mol. The van der Waals surface area contributed by atoms with Crippen molar-refractivity contribution in [3.8, 4) is 5.75 Å². The molecule has 17 heavy (non-hydrogen) atoms. The molecule has 4 nitrogen and oxygen atoms in total. The van der Waals surface area contributed by atoms with E-state index in [1.165, 1.54) is 19.1 Å². The molecule has 1 rings (SSSR count). The van der Waals surface area contributed by atoms with Gasteiger partial charge in [-0.2, -0.15) is 8.42 Å². The minimum Gasteiger partial charge on any atom is -0.488 e. The third kappa shape index (κ3) is 5.34. The summed E-state index contributed by atoms with van der Waals surface area (Å²) in [5, 5.41) is 0.260. The van der Waals surface area contributed by atoms with Gasteiger partial charge < -0.3 is 4.74 Å². The number of benzene rings is 1. The van der Waals surface area contributed by atoms with Crippen LogP contribution >= 0.6 is 11.6 Å². The molecule has 1 atom stereocenters. The van der Waals surface area contributed by atoms with Crippen LogP contribution in [0.2, 0.25) is 5.02 Å². The maximum Gasteiger partial charge on any atom is 0.264 e. The first-order valence-corrected chi connectivity index (χ1v) is 6.93. The van der Waals surface area contributed by atoms with Gasteiger partial charge in [0.25, 0.3) is 10.1 Å². The maximum atomic E-state index is 13.3. The van der Waals surface area contributed by atoms with Crippen molar-refractivity contribution < 1.29 is 21.7 Å². The topological polar surface area (TPSA) is 52.6 Å². The summed E-state index contributed by atoms with van der Waals surface area (Å²) in [5.41, 5.74) is 0. The largest absolute Gasteiger partial charge is 0.488 e. The van der Waals surface area contributed by atoms with Crippen LogP contribution in [0.25, 0.3) is 0 Å². The molecule has 1 aromatic carbocycles. The van der Waals surface area contributed by atoms with Crippen LogP contribution in [0.15, 0.2) is 18.2 Å². The zero-order chi connectivity index (χ0) is 13.1. The maximum absolute atomic E-state index is 13.3. The van der Waals surface area contributed by atoms with Crippen LogP contribution in [0.4, 0.5) is 4.39 Å². The van der Waals surface area contributed by atoms with Crippen molar-refractivity contribution in [2.24, 2.45) is 0 Å². The minimum atomic E-state index is -3.54. The summed E-state index contributed by atoms with van der Waals surface area (Å²) < 4.78 is 44.6. The summed E-state index contributed by atoms with van der Waals surface area (Å²) in [4.78, 5) is 0. The lowest BCUT2D eigenvalue weighted by molar-refractivity contribution is 0.147. The molecule has 1 aromatic rings. The van der Waals surface area contributed by atoms with Gasteiger partial charge >= 0.3 is 0 Å². The van der Waals surface area contributed by atoms with Crippen molar-refractivity contribution in [1.29, 1.82) is 0 Å². The normalized spacial score (nSPS) is 13.4. The quantitative estimate of drug-likeness (QED) is 0.777. The van der Waals surface area contributed by atoms with Crippen molar-refractivity contribution in [2.45, 2.75) is 13.0 Å². The molecule has 0 amide bonds. The molecule has 0 aliphatic carbocycles. The minimum absolute atomic E-state index is 0.00153. The second kappa shape index (κ2) is 5.66. The van der Waals surface area contributed by atoms with E-state index >= 15 is 0 Å². The second-order valence-corrected chi connectivity index (χ2v) is 5.53. The molecule has 0 aliphatic heterocycles. The first-order valence-electron chi connectivity index (χ1n) is 4.74. The van der Waals surface area contributed by atoms with Crippen molar-refractivity contribution in [2.75, 3.05) is 12.9 Å². The number of hydrogen-bond donors (Lipinski definition) is 0. The molecule has 0 N–H and O–H groups in total. The summed E-state index contributed by atoms with van der Waals surface area (Å²) in [6, 6.07) is 3.95. The van der Waals surface area contributed by atoms with E-state index in [-0.39, 0.29) is 17.4 Å². The van der Waals surface area contributed by atoms with Gasteiger partial charge in [0, 0.05) is 5.02 Å². The van der Waals surface area contributed by atoms with E-state index < -0.39 is 22.0 Å². The van der Waals surface area contributed by atoms with Gasteiger partial charge in [0.1, 0.15) is 12.7 Å². The first-order chi connectivity index (χ1) is 7.78. The molecule has 0 aliphatic rings. The number of rotatable bonds is 5. The van der Waals surface area contributed by atoms with Crippen LogP contribution in [0.5, 0.6) is 5.75 Å². The molecule has 0 fully saturated rings. The first kappa shape index (κ1) is 14.2. The highest BCUT2D eigenvalue weighted by atomic mass is 35.5. The zero-order valence-electron chi connectivity index (χ0n) is 9.31. The Bertz CT molecular complexity index is 489. The Morgan fingerprint density at radius 1 is 1.47 bits per heavy atom. The van der Waals surface area contributed by atoms with Gasteiger partial charge in [0.2, 0.25) is 0 Å². The van der Waals surface area contributed by atoms with Gasteiger partial charge in [0.05, 0.1) is 6.26 Å². The summed E-state index contributed by atoms with van der Waals surface area (Å²) in [5.74, 6) is -0.609. The number of hydrogen-bond acceptors (Lipinski definition) is 4. The fourth-order valence-electron chi connectivity index (χ4n) is 1.13. The Morgan fingerprint density at radius 2 is 2.12 bits per heavy atom. The molecule has 0 saturated heterocycles. The van der Waals surface area contributed by atoms with E-state index in [1.54, 1.807) is 0 Å². The lowest BCUT2D eigenvalue weighted by Gasteiger charge is -2.13. The Morgan fingerprint density at radius 3 is 2.65 bits per heavy atom. The van der Waals surface area contributed by atoms with Crippen molar-refractivity contribution in [3.05, 3.63) is 29.0 Å². The lowest BCUT2D eigenvalue weighted by atomic mass is 10.3. The summed E-state index contributed by atoms with van der Waals surface area (Å²) in [6.45, 7) is 1.43. The van der Waals surface area contributed by atoms with E-state index in [1.807, 2.05) is 0 Å². The van der Waals surface area contributed by atoms with Crippen molar-refractivity contribution in [3.63, 3.8) is 0 Å². The van der Waals surface area contributed by atoms with Crippen molar-refractivity contribution in [1.82, 2.24) is 0 Å². The molecule has 0 heterocycles. The van der Waals surface area contributed by atoms with Crippen LogP contribution in [-0.2, 0) is 14.3 Å². The van der Waals surface area contributed by atoms with Gasteiger partial charge in [0.15, 0.2) is 11.6 Å². The van der Waals surface area contributed by atoms with Gasteiger partial charge in [-0.3, -0.25) is 4.18 Å². The summed E-state index contributed by atoms with van der Waals surface area (Å²) in [7, 11) is -3.54. The van der Waals surface area contributed by atoms with Crippen LogP contribution < -0.4 is 4.74 Å².